The normalized spacial score (nSPS) is 18.3. The molecule has 2 heterocycles. The summed E-state index contributed by atoms with van der Waals surface area (Å²) in [5, 5.41) is 11.1. The zero-order chi connectivity index (χ0) is 16.2. The van der Waals surface area contributed by atoms with E-state index in [0.29, 0.717) is 19.0 Å². The van der Waals surface area contributed by atoms with E-state index in [0.717, 1.165) is 25.3 Å². The summed E-state index contributed by atoms with van der Waals surface area (Å²) in [6.07, 6.45) is 2.75. The zero-order valence-corrected chi connectivity index (χ0v) is 13.7. The molecule has 6 nitrogen and oxygen atoms in total. The largest absolute Gasteiger partial charge is 0.351 e. The molecule has 0 aliphatic carbocycles. The molecule has 0 bridgehead atoms. The Morgan fingerprint density at radius 2 is 2.22 bits per heavy atom. The smallest absolute Gasteiger partial charge is 0.234 e. The van der Waals surface area contributed by atoms with E-state index in [9.17, 15) is 4.79 Å². The molecule has 1 aliphatic rings. The molecule has 2 aromatic rings. The first-order chi connectivity index (χ1) is 11.1. The third kappa shape index (κ3) is 3.76. The fraction of sp³-hybridized carbons (Fsp3) is 0.471. The van der Waals surface area contributed by atoms with Crippen LogP contribution in [0.3, 0.4) is 0 Å². The van der Waals surface area contributed by atoms with Crippen molar-refractivity contribution in [2.75, 3.05) is 19.6 Å². The number of nitrogens with zero attached hydrogens (tertiary/aromatic N) is 4. The highest BCUT2D eigenvalue weighted by Gasteiger charge is 2.28. The minimum atomic E-state index is 0.0758. The van der Waals surface area contributed by atoms with Crippen molar-refractivity contribution in [3.8, 4) is 0 Å². The highest BCUT2D eigenvalue weighted by Crippen LogP contribution is 2.24. The van der Waals surface area contributed by atoms with Crippen LogP contribution < -0.4 is 5.32 Å². The molecule has 6 heteroatoms. The molecule has 3 rings (SSSR count). The Kier molecular flexibility index (Phi) is 4.71. The second-order valence-corrected chi connectivity index (χ2v) is 6.22. The van der Waals surface area contributed by atoms with Gasteiger partial charge in [0.15, 0.2) is 0 Å². The van der Waals surface area contributed by atoms with Crippen LogP contribution in [0.4, 0.5) is 0 Å². The lowest BCUT2D eigenvalue weighted by Crippen LogP contribution is -2.35. The predicted octanol–water partition coefficient (Wildman–Crippen LogP) is 1.23. The van der Waals surface area contributed by atoms with Crippen molar-refractivity contribution in [3.05, 3.63) is 47.5 Å². The Bertz CT molecular complexity index is 681. The molecule has 0 saturated carbocycles. The van der Waals surface area contributed by atoms with Crippen molar-refractivity contribution in [2.24, 2.45) is 7.05 Å². The summed E-state index contributed by atoms with van der Waals surface area (Å²) >= 11 is 0. The van der Waals surface area contributed by atoms with Gasteiger partial charge in [-0.1, -0.05) is 24.3 Å². The van der Waals surface area contributed by atoms with Crippen molar-refractivity contribution in [1.29, 1.82) is 0 Å². The maximum atomic E-state index is 12.2. The van der Waals surface area contributed by atoms with Gasteiger partial charge in [-0.15, -0.1) is 10.2 Å². The van der Waals surface area contributed by atoms with Gasteiger partial charge in [-0.2, -0.15) is 0 Å². The first kappa shape index (κ1) is 15.7. The third-order valence-electron chi connectivity index (χ3n) is 4.49. The molecular weight excluding hydrogens is 290 g/mol. The van der Waals surface area contributed by atoms with Gasteiger partial charge < -0.3 is 9.88 Å². The molecule has 1 atom stereocenters. The number of aryl methyl sites for hydroxylation is 2. The fourth-order valence-electron chi connectivity index (χ4n) is 3.11. The molecule has 122 valence electrons. The van der Waals surface area contributed by atoms with Crippen LogP contribution in [-0.2, 0) is 18.4 Å². The van der Waals surface area contributed by atoms with E-state index in [4.69, 9.17) is 0 Å². The average Bonchev–Trinajstić information content (AvgIpc) is 3.15. The monoisotopic (exact) mass is 313 g/mol. The van der Waals surface area contributed by atoms with E-state index in [1.54, 1.807) is 6.33 Å². The lowest BCUT2D eigenvalue weighted by Gasteiger charge is -2.16. The number of carbonyl (C=O) groups is 1. The molecule has 1 N–H and O–H groups in total. The molecule has 0 spiro atoms. The summed E-state index contributed by atoms with van der Waals surface area (Å²) in [5.74, 6) is 1.45. The van der Waals surface area contributed by atoms with Crippen LogP contribution in [-0.4, -0.2) is 45.2 Å². The number of rotatable bonds is 5. The van der Waals surface area contributed by atoms with Crippen LogP contribution in [0.15, 0.2) is 30.6 Å². The van der Waals surface area contributed by atoms with Crippen LogP contribution >= 0.6 is 0 Å². The summed E-state index contributed by atoms with van der Waals surface area (Å²) in [6.45, 7) is 4.89. The van der Waals surface area contributed by atoms with Gasteiger partial charge in [0.1, 0.15) is 12.2 Å². The topological polar surface area (TPSA) is 63.1 Å². The number of nitrogens with one attached hydrogen (secondary N) is 1. The van der Waals surface area contributed by atoms with E-state index < -0.39 is 0 Å². The number of hydrogen-bond donors (Lipinski definition) is 1. The maximum Gasteiger partial charge on any atom is 0.234 e. The van der Waals surface area contributed by atoms with Gasteiger partial charge in [-0.05, 0) is 31.0 Å². The number of amides is 1. The number of likely N-dealkylation sites (tertiary alicyclic amines) is 1. The quantitative estimate of drug-likeness (QED) is 0.902. The summed E-state index contributed by atoms with van der Waals surface area (Å²) in [7, 11) is 1.97. The van der Waals surface area contributed by atoms with Crippen LogP contribution in [0, 0.1) is 6.92 Å². The number of benzene rings is 1. The Balaban J connectivity index is 1.48. The third-order valence-corrected chi connectivity index (χ3v) is 4.49. The highest BCUT2D eigenvalue weighted by molar-refractivity contribution is 5.78. The van der Waals surface area contributed by atoms with E-state index in [1.807, 2.05) is 23.7 Å². The number of carbonyl (C=O) groups excluding carboxylic acids is 1. The van der Waals surface area contributed by atoms with Gasteiger partial charge >= 0.3 is 0 Å². The molecule has 23 heavy (non-hydrogen) atoms. The number of hydrogen-bond acceptors (Lipinski definition) is 4. The van der Waals surface area contributed by atoms with Gasteiger partial charge in [0, 0.05) is 26.1 Å². The predicted molar refractivity (Wildman–Crippen MR) is 87.8 cm³/mol. The lowest BCUT2D eigenvalue weighted by atomic mass is 10.1. The average molecular weight is 313 g/mol. The molecule has 1 fully saturated rings. The molecule has 1 saturated heterocycles. The van der Waals surface area contributed by atoms with Crippen LogP contribution in [0.5, 0.6) is 0 Å². The second kappa shape index (κ2) is 6.91. The summed E-state index contributed by atoms with van der Waals surface area (Å²) < 4.78 is 1.96. The van der Waals surface area contributed by atoms with Gasteiger partial charge in [-0.3, -0.25) is 9.69 Å². The summed E-state index contributed by atoms with van der Waals surface area (Å²) in [4.78, 5) is 14.3. The summed E-state index contributed by atoms with van der Waals surface area (Å²) in [5.41, 5.74) is 2.37. The number of aromatic nitrogens is 3. The highest BCUT2D eigenvalue weighted by atomic mass is 16.2. The van der Waals surface area contributed by atoms with E-state index in [-0.39, 0.29) is 5.91 Å². The standard InChI is InChI=1S/C17H23N5O/c1-13-5-3-4-6-14(13)9-18-16(23)11-22-8-7-15(10-22)17-20-19-12-21(17)2/h3-6,12,15H,7-11H2,1-2H3,(H,18,23). The minimum Gasteiger partial charge on any atom is -0.351 e. The van der Waals surface area contributed by atoms with Crippen molar-refractivity contribution in [1.82, 2.24) is 25.0 Å². The van der Waals surface area contributed by atoms with Crippen LogP contribution in [0.25, 0.3) is 0 Å². The van der Waals surface area contributed by atoms with E-state index >= 15 is 0 Å². The Morgan fingerprint density at radius 3 is 2.96 bits per heavy atom. The van der Waals surface area contributed by atoms with Crippen LogP contribution in [0.2, 0.25) is 0 Å². The molecule has 1 aliphatic heterocycles. The Labute approximate surface area is 136 Å². The van der Waals surface area contributed by atoms with Crippen molar-refractivity contribution >= 4 is 5.91 Å². The zero-order valence-electron chi connectivity index (χ0n) is 13.7. The Morgan fingerprint density at radius 1 is 1.39 bits per heavy atom. The Hall–Kier alpha value is -2.21. The lowest BCUT2D eigenvalue weighted by molar-refractivity contribution is -0.122. The van der Waals surface area contributed by atoms with Crippen molar-refractivity contribution in [2.45, 2.75) is 25.8 Å². The second-order valence-electron chi connectivity index (χ2n) is 6.22. The van der Waals surface area contributed by atoms with Gasteiger partial charge in [0.05, 0.1) is 6.54 Å². The summed E-state index contributed by atoms with van der Waals surface area (Å²) in [6, 6.07) is 8.13. The molecule has 1 aromatic carbocycles. The van der Waals surface area contributed by atoms with Crippen LogP contribution in [0.1, 0.15) is 29.3 Å². The first-order valence-corrected chi connectivity index (χ1v) is 8.01. The maximum absolute atomic E-state index is 12.2. The SMILES string of the molecule is Cc1ccccc1CNC(=O)CN1CCC(c2nncn2C)C1. The molecule has 1 aromatic heterocycles. The van der Waals surface area contributed by atoms with E-state index in [2.05, 4.69) is 39.5 Å². The molecule has 1 unspecified atom stereocenters. The minimum absolute atomic E-state index is 0.0758. The molecule has 1 amide bonds. The van der Waals surface area contributed by atoms with Crippen molar-refractivity contribution < 1.29 is 4.79 Å². The van der Waals surface area contributed by atoms with Crippen molar-refractivity contribution in [3.63, 3.8) is 0 Å². The molecule has 0 radical (unpaired) electrons. The fourth-order valence-corrected chi connectivity index (χ4v) is 3.11. The van der Waals surface area contributed by atoms with Gasteiger partial charge in [-0.25, -0.2) is 0 Å². The van der Waals surface area contributed by atoms with E-state index in [1.165, 1.54) is 11.1 Å². The van der Waals surface area contributed by atoms with Gasteiger partial charge in [0.25, 0.3) is 0 Å². The van der Waals surface area contributed by atoms with Gasteiger partial charge in [0.2, 0.25) is 5.91 Å². The first-order valence-electron chi connectivity index (χ1n) is 8.01. The molecular formula is C17H23N5O.